The van der Waals surface area contributed by atoms with E-state index >= 15 is 0 Å². The molecule has 0 atom stereocenters. The summed E-state index contributed by atoms with van der Waals surface area (Å²) in [6.07, 6.45) is 5.79. The highest BCUT2D eigenvalue weighted by molar-refractivity contribution is 6.02. The van der Waals surface area contributed by atoms with Crippen LogP contribution in [-0.4, -0.2) is 62.7 Å². The fraction of sp³-hybridized carbons (Fsp3) is 0.353. The fourth-order valence-electron chi connectivity index (χ4n) is 6.58. The van der Waals surface area contributed by atoms with Crippen molar-refractivity contribution in [1.82, 2.24) is 14.5 Å². The number of amides is 1. The smallest absolute Gasteiger partial charge is 0.493 e. The number of carbonyl (C=O) groups excluding carboxylic acids is 2. The van der Waals surface area contributed by atoms with Crippen LogP contribution in [0.25, 0.3) is 22.0 Å². The number of fused-ring (bicyclic) bond motifs is 2. The average Bonchev–Trinajstić information content (AvgIpc) is 3.79. The summed E-state index contributed by atoms with van der Waals surface area (Å²) >= 11 is 0. The Balaban J connectivity index is 1.09. The van der Waals surface area contributed by atoms with Gasteiger partial charge in [-0.15, -0.1) is 0 Å². The molecule has 10 nitrogen and oxygen atoms in total. The number of carbonyl (C=O) groups is 3. The average molecular weight is 596 g/mol. The molecular weight excluding hydrogens is 562 g/mol. The number of pyridine rings is 1. The van der Waals surface area contributed by atoms with Crippen molar-refractivity contribution in [2.24, 2.45) is 0 Å². The van der Waals surface area contributed by atoms with Crippen LogP contribution in [-0.2, 0) is 0 Å². The minimum absolute atomic E-state index is 0.0213. The molecule has 226 valence electrons. The van der Waals surface area contributed by atoms with Gasteiger partial charge < -0.3 is 28.8 Å². The van der Waals surface area contributed by atoms with Gasteiger partial charge in [-0.2, -0.15) is 0 Å². The van der Waals surface area contributed by atoms with E-state index in [1.807, 2.05) is 30.0 Å². The van der Waals surface area contributed by atoms with Gasteiger partial charge in [0.25, 0.3) is 5.91 Å². The van der Waals surface area contributed by atoms with Gasteiger partial charge in [0.2, 0.25) is 5.88 Å². The summed E-state index contributed by atoms with van der Waals surface area (Å²) in [7, 11) is 0. The summed E-state index contributed by atoms with van der Waals surface area (Å²) in [6.45, 7) is 5.52. The standard InChI is InChI=1S/C34H33N3O7/c1-3-42-29-16-23(15-26-31(29)20(2)19-37(26)24-5-6-24)32(39)36-12-9-34(10-13-36)18-27(38)25-14-21(4-7-28(25)44-34)22-8-11-35-30(17-22)43-33(40)41/h4,7-8,11,14-17,19,24H,3,5-6,9-10,12-13,18H2,1-2H3,(H,40,41). The molecule has 1 saturated heterocycles. The maximum absolute atomic E-state index is 13.8. The number of Topliss-reactive ketones (excluding diaryl/α,β-unsaturated/α-hetero) is 1. The van der Waals surface area contributed by atoms with Crippen LogP contribution in [0.2, 0.25) is 0 Å². The van der Waals surface area contributed by atoms with Crippen LogP contribution in [0.5, 0.6) is 17.4 Å². The molecule has 1 amide bonds. The Hall–Kier alpha value is -4.86. The summed E-state index contributed by atoms with van der Waals surface area (Å²) in [5, 5.41) is 9.97. The molecule has 4 heterocycles. The molecule has 1 N–H and O–H groups in total. The Bertz CT molecular complexity index is 1820. The largest absolute Gasteiger partial charge is 0.512 e. The van der Waals surface area contributed by atoms with Crippen molar-refractivity contribution in [1.29, 1.82) is 0 Å². The third-order valence-electron chi connectivity index (χ3n) is 8.88. The number of nitrogens with zero attached hydrogens (tertiary/aromatic N) is 3. The summed E-state index contributed by atoms with van der Waals surface area (Å²) < 4.78 is 19.5. The predicted octanol–water partition coefficient (Wildman–Crippen LogP) is 6.44. The zero-order valence-corrected chi connectivity index (χ0v) is 24.7. The number of ether oxygens (including phenoxy) is 3. The molecule has 2 aliphatic heterocycles. The molecule has 0 radical (unpaired) electrons. The van der Waals surface area contributed by atoms with Crippen molar-refractivity contribution in [3.8, 4) is 28.5 Å². The Kier molecular flexibility index (Phi) is 6.79. The molecule has 3 aliphatic rings. The van der Waals surface area contributed by atoms with E-state index in [2.05, 4.69) is 27.4 Å². The number of benzene rings is 2. The maximum atomic E-state index is 13.8. The highest BCUT2D eigenvalue weighted by Crippen LogP contribution is 2.43. The molecule has 7 rings (SSSR count). The summed E-state index contributed by atoms with van der Waals surface area (Å²) in [6, 6.07) is 13.0. The van der Waals surface area contributed by atoms with Crippen LogP contribution in [0.3, 0.4) is 0 Å². The first-order chi connectivity index (χ1) is 21.2. The molecule has 1 aliphatic carbocycles. The second-order valence-corrected chi connectivity index (χ2v) is 11.9. The molecule has 0 bridgehead atoms. The number of ketones is 1. The van der Waals surface area contributed by atoms with Crippen molar-refractivity contribution >= 4 is 28.7 Å². The molecular formula is C34H33N3O7. The minimum Gasteiger partial charge on any atom is -0.493 e. The number of aromatic nitrogens is 2. The molecule has 4 aromatic rings. The van der Waals surface area contributed by atoms with E-state index in [0.717, 1.165) is 40.6 Å². The van der Waals surface area contributed by atoms with E-state index < -0.39 is 11.8 Å². The number of likely N-dealkylation sites (tertiary alicyclic amines) is 1. The van der Waals surface area contributed by atoms with Gasteiger partial charge in [-0.3, -0.25) is 9.59 Å². The van der Waals surface area contributed by atoms with Crippen LogP contribution >= 0.6 is 0 Å². The lowest BCUT2D eigenvalue weighted by atomic mass is 9.82. The predicted molar refractivity (Wildman–Crippen MR) is 162 cm³/mol. The second-order valence-electron chi connectivity index (χ2n) is 11.9. The molecule has 2 aromatic heterocycles. The van der Waals surface area contributed by atoms with Crippen LogP contribution in [0.4, 0.5) is 4.79 Å². The first-order valence-corrected chi connectivity index (χ1v) is 15.0. The minimum atomic E-state index is -1.45. The Morgan fingerprint density at radius 3 is 2.59 bits per heavy atom. The van der Waals surface area contributed by atoms with E-state index in [1.165, 1.54) is 12.3 Å². The van der Waals surface area contributed by atoms with E-state index in [4.69, 9.17) is 14.6 Å². The number of hydrogen-bond donors (Lipinski definition) is 1. The highest BCUT2D eigenvalue weighted by Gasteiger charge is 2.44. The number of carboxylic acid groups (broad SMARTS) is 1. The number of rotatable bonds is 6. The van der Waals surface area contributed by atoms with Gasteiger partial charge >= 0.3 is 6.16 Å². The molecule has 44 heavy (non-hydrogen) atoms. The molecule has 1 spiro atoms. The third-order valence-corrected chi connectivity index (χ3v) is 8.88. The van der Waals surface area contributed by atoms with Gasteiger partial charge in [0.15, 0.2) is 5.78 Å². The topological polar surface area (TPSA) is 120 Å². The second kappa shape index (κ2) is 10.7. The van der Waals surface area contributed by atoms with E-state index in [0.29, 0.717) is 61.0 Å². The lowest BCUT2D eigenvalue weighted by Gasteiger charge is -2.44. The Labute approximate surface area is 254 Å². The quantitative estimate of drug-likeness (QED) is 0.253. The number of piperidine rings is 1. The first-order valence-electron chi connectivity index (χ1n) is 15.0. The number of aryl methyl sites for hydroxylation is 1. The highest BCUT2D eigenvalue weighted by atomic mass is 16.7. The summed E-state index contributed by atoms with van der Waals surface area (Å²) in [5.74, 6) is 1.15. The van der Waals surface area contributed by atoms with Gasteiger partial charge in [-0.05, 0) is 73.7 Å². The number of hydrogen-bond acceptors (Lipinski definition) is 7. The molecule has 2 aromatic carbocycles. The monoisotopic (exact) mass is 595 g/mol. The maximum Gasteiger partial charge on any atom is 0.512 e. The van der Waals surface area contributed by atoms with Gasteiger partial charge in [-0.1, -0.05) is 6.07 Å². The zero-order valence-electron chi connectivity index (χ0n) is 24.7. The van der Waals surface area contributed by atoms with Crippen molar-refractivity contribution in [2.45, 2.75) is 57.6 Å². The van der Waals surface area contributed by atoms with Gasteiger partial charge in [0, 0.05) is 61.4 Å². The van der Waals surface area contributed by atoms with Crippen molar-refractivity contribution in [3.05, 3.63) is 71.5 Å². The van der Waals surface area contributed by atoms with Gasteiger partial charge in [-0.25, -0.2) is 9.78 Å². The zero-order chi connectivity index (χ0) is 30.6. The summed E-state index contributed by atoms with van der Waals surface area (Å²) in [5.41, 5.74) is 4.02. The van der Waals surface area contributed by atoms with Crippen LogP contribution < -0.4 is 14.2 Å². The van der Waals surface area contributed by atoms with Crippen molar-refractivity contribution in [3.63, 3.8) is 0 Å². The summed E-state index contributed by atoms with van der Waals surface area (Å²) in [4.78, 5) is 43.9. The third kappa shape index (κ3) is 5.04. The molecule has 1 saturated carbocycles. The van der Waals surface area contributed by atoms with Gasteiger partial charge in [0.1, 0.15) is 17.1 Å². The van der Waals surface area contributed by atoms with E-state index in [-0.39, 0.29) is 24.0 Å². The normalized spacial score (nSPS) is 17.3. The Morgan fingerprint density at radius 1 is 1.09 bits per heavy atom. The lowest BCUT2D eigenvalue weighted by Crippen LogP contribution is -2.52. The molecule has 10 heteroatoms. The molecule has 2 fully saturated rings. The van der Waals surface area contributed by atoms with Crippen molar-refractivity contribution in [2.75, 3.05) is 19.7 Å². The SMILES string of the molecule is CCOc1cc(C(=O)N2CCC3(CC2)CC(=O)c2cc(-c4ccnc(OC(=O)O)c4)ccc2O3)cc2c1c(C)cn2C1CC1. The Morgan fingerprint density at radius 2 is 1.86 bits per heavy atom. The fourth-order valence-corrected chi connectivity index (χ4v) is 6.58. The lowest BCUT2D eigenvalue weighted by molar-refractivity contribution is -0.00571. The van der Waals surface area contributed by atoms with Crippen molar-refractivity contribution < 1.29 is 33.7 Å². The van der Waals surface area contributed by atoms with Gasteiger partial charge in [0.05, 0.1) is 24.1 Å². The van der Waals surface area contributed by atoms with Crippen LogP contribution in [0.1, 0.15) is 71.3 Å². The molecule has 0 unspecified atom stereocenters. The van der Waals surface area contributed by atoms with Crippen LogP contribution in [0.15, 0.2) is 54.9 Å². The van der Waals surface area contributed by atoms with E-state index in [1.54, 1.807) is 18.2 Å². The first kappa shape index (κ1) is 27.9. The van der Waals surface area contributed by atoms with Crippen LogP contribution in [0, 0.1) is 6.92 Å². The van der Waals surface area contributed by atoms with E-state index in [9.17, 15) is 14.4 Å².